The van der Waals surface area contributed by atoms with Gasteiger partial charge >= 0.3 is 0 Å². The van der Waals surface area contributed by atoms with Crippen LogP contribution >= 0.6 is 15.9 Å². The van der Waals surface area contributed by atoms with Crippen LogP contribution in [0.4, 0.5) is 0 Å². The van der Waals surface area contributed by atoms with Crippen LogP contribution in [-0.2, 0) is 4.74 Å². The third-order valence-corrected chi connectivity index (χ3v) is 4.07. The lowest BCUT2D eigenvalue weighted by molar-refractivity contribution is -0.00950. The summed E-state index contributed by atoms with van der Waals surface area (Å²) in [6, 6.07) is 5.56. The Morgan fingerprint density at radius 3 is 2.86 bits per heavy atom. The molecule has 3 heterocycles. The monoisotopic (exact) mass is 361 g/mol. The zero-order valence-electron chi connectivity index (χ0n) is 11.9. The summed E-state index contributed by atoms with van der Waals surface area (Å²) in [6.07, 6.45) is 8.38. The van der Waals surface area contributed by atoms with Gasteiger partial charge in [-0.15, -0.1) is 0 Å². The molecule has 0 radical (unpaired) electrons. The Morgan fingerprint density at radius 2 is 2.09 bits per heavy atom. The second kappa shape index (κ2) is 6.98. The molecular weight excluding hydrogens is 346 g/mol. The van der Waals surface area contributed by atoms with Crippen LogP contribution in [0.15, 0.2) is 47.5 Å². The van der Waals surface area contributed by atoms with Crippen LogP contribution in [0.3, 0.4) is 0 Å². The van der Waals surface area contributed by atoms with Crippen molar-refractivity contribution in [2.24, 2.45) is 0 Å². The number of carbonyl (C=O) groups excluding carboxylic acids is 1. The van der Waals surface area contributed by atoms with Crippen molar-refractivity contribution in [3.05, 3.63) is 58.6 Å². The van der Waals surface area contributed by atoms with Gasteiger partial charge in [0.1, 0.15) is 6.10 Å². The highest BCUT2D eigenvalue weighted by molar-refractivity contribution is 9.10. The maximum atomic E-state index is 12.4. The number of pyridine rings is 2. The van der Waals surface area contributed by atoms with E-state index in [1.807, 2.05) is 12.1 Å². The molecule has 2 atom stereocenters. The number of hydrogen-bond acceptors (Lipinski definition) is 4. The Hall–Kier alpha value is -1.79. The minimum absolute atomic E-state index is 0.0531. The van der Waals surface area contributed by atoms with Gasteiger partial charge in [0, 0.05) is 35.9 Å². The molecule has 114 valence electrons. The summed E-state index contributed by atoms with van der Waals surface area (Å²) in [5, 5.41) is 3.07. The van der Waals surface area contributed by atoms with Crippen molar-refractivity contribution in [2.45, 2.75) is 25.0 Å². The van der Waals surface area contributed by atoms with E-state index in [1.165, 1.54) is 0 Å². The van der Waals surface area contributed by atoms with E-state index in [9.17, 15) is 4.79 Å². The minimum Gasteiger partial charge on any atom is -0.371 e. The summed E-state index contributed by atoms with van der Waals surface area (Å²) in [6.45, 7) is 0.706. The maximum Gasteiger partial charge on any atom is 0.253 e. The van der Waals surface area contributed by atoms with Gasteiger partial charge in [0.25, 0.3) is 5.91 Å². The van der Waals surface area contributed by atoms with Gasteiger partial charge in [-0.05, 0) is 52.5 Å². The summed E-state index contributed by atoms with van der Waals surface area (Å²) >= 11 is 3.33. The molecule has 1 aliphatic rings. The van der Waals surface area contributed by atoms with E-state index in [4.69, 9.17) is 4.74 Å². The second-order valence-electron chi connectivity index (χ2n) is 5.19. The first kappa shape index (κ1) is 15.1. The highest BCUT2D eigenvalue weighted by atomic mass is 79.9. The van der Waals surface area contributed by atoms with Gasteiger partial charge in [-0.2, -0.15) is 0 Å². The molecule has 0 saturated carbocycles. The summed E-state index contributed by atoms with van der Waals surface area (Å²) in [4.78, 5) is 20.5. The standard InChI is InChI=1S/C16H16BrN3O2/c17-13-8-12(9-19-10-13)16(21)20-14-2-1-7-22-15(14)11-3-5-18-6-4-11/h3-6,8-10,14-15H,1-2,7H2,(H,20,21)/t14-,15+/m0/s1. The average Bonchev–Trinajstić information content (AvgIpc) is 2.56. The van der Waals surface area contributed by atoms with Gasteiger partial charge in [-0.3, -0.25) is 14.8 Å². The quantitative estimate of drug-likeness (QED) is 0.912. The SMILES string of the molecule is O=C(N[C@H]1CCCO[C@@H]1c1ccncc1)c1cncc(Br)c1. The Balaban J connectivity index is 1.76. The molecule has 1 fully saturated rings. The van der Waals surface area contributed by atoms with Crippen molar-refractivity contribution in [3.63, 3.8) is 0 Å². The predicted octanol–water partition coefficient (Wildman–Crippen LogP) is 2.89. The summed E-state index contributed by atoms with van der Waals surface area (Å²) in [5.41, 5.74) is 1.57. The van der Waals surface area contributed by atoms with Crippen molar-refractivity contribution in [1.82, 2.24) is 15.3 Å². The summed E-state index contributed by atoms with van der Waals surface area (Å²) in [5.74, 6) is -0.136. The van der Waals surface area contributed by atoms with Crippen molar-refractivity contribution in [2.75, 3.05) is 6.61 Å². The first-order valence-corrected chi connectivity index (χ1v) is 7.96. The molecule has 1 saturated heterocycles. The molecule has 3 rings (SSSR count). The first-order valence-electron chi connectivity index (χ1n) is 7.17. The fraction of sp³-hybridized carbons (Fsp3) is 0.312. The molecule has 2 aromatic rings. The highest BCUT2D eigenvalue weighted by Crippen LogP contribution is 2.28. The molecule has 22 heavy (non-hydrogen) atoms. The summed E-state index contributed by atoms with van der Waals surface area (Å²) in [7, 11) is 0. The van der Waals surface area contributed by atoms with Crippen molar-refractivity contribution < 1.29 is 9.53 Å². The van der Waals surface area contributed by atoms with Crippen molar-refractivity contribution in [3.8, 4) is 0 Å². The smallest absolute Gasteiger partial charge is 0.253 e. The van der Waals surface area contributed by atoms with Gasteiger partial charge in [-0.1, -0.05) is 0 Å². The molecule has 0 aromatic carbocycles. The first-order chi connectivity index (χ1) is 10.7. The van der Waals surface area contributed by atoms with Gasteiger partial charge in [0.05, 0.1) is 11.6 Å². The number of amides is 1. The normalized spacial score (nSPS) is 21.3. The number of hydrogen-bond donors (Lipinski definition) is 1. The van der Waals surface area contributed by atoms with Crippen LogP contribution in [-0.4, -0.2) is 28.5 Å². The third-order valence-electron chi connectivity index (χ3n) is 3.64. The third kappa shape index (κ3) is 3.51. The molecule has 0 spiro atoms. The number of ether oxygens (including phenoxy) is 1. The molecule has 6 heteroatoms. The van der Waals surface area contributed by atoms with Crippen LogP contribution in [0.25, 0.3) is 0 Å². The van der Waals surface area contributed by atoms with E-state index in [1.54, 1.807) is 30.9 Å². The molecule has 5 nitrogen and oxygen atoms in total. The van der Waals surface area contributed by atoms with Crippen LogP contribution in [0, 0.1) is 0 Å². The number of aromatic nitrogens is 2. The minimum atomic E-state index is -0.138. The van der Waals surface area contributed by atoms with Crippen molar-refractivity contribution >= 4 is 21.8 Å². The average molecular weight is 362 g/mol. The predicted molar refractivity (Wildman–Crippen MR) is 85.4 cm³/mol. The van der Waals surface area contributed by atoms with Gasteiger partial charge in [0.15, 0.2) is 0 Å². The van der Waals surface area contributed by atoms with E-state index < -0.39 is 0 Å². The zero-order valence-corrected chi connectivity index (χ0v) is 13.5. The molecule has 1 aliphatic heterocycles. The number of carbonyl (C=O) groups is 1. The molecule has 1 amide bonds. The lowest BCUT2D eigenvalue weighted by Gasteiger charge is -2.32. The molecule has 2 aromatic heterocycles. The highest BCUT2D eigenvalue weighted by Gasteiger charge is 2.29. The van der Waals surface area contributed by atoms with Crippen LogP contribution in [0.5, 0.6) is 0 Å². The van der Waals surface area contributed by atoms with E-state index in [2.05, 4.69) is 31.2 Å². The van der Waals surface area contributed by atoms with E-state index >= 15 is 0 Å². The maximum absolute atomic E-state index is 12.4. The number of rotatable bonds is 3. The molecule has 1 N–H and O–H groups in total. The zero-order chi connectivity index (χ0) is 15.4. The topological polar surface area (TPSA) is 64.1 Å². The lowest BCUT2D eigenvalue weighted by atomic mass is 9.96. The molecule has 0 aliphatic carbocycles. The van der Waals surface area contributed by atoms with Crippen LogP contribution in [0.2, 0.25) is 0 Å². The van der Waals surface area contributed by atoms with Crippen molar-refractivity contribution in [1.29, 1.82) is 0 Å². The summed E-state index contributed by atoms with van der Waals surface area (Å²) < 4.78 is 6.65. The number of nitrogens with zero attached hydrogens (tertiary/aromatic N) is 2. The fourth-order valence-corrected chi connectivity index (χ4v) is 2.96. The molecule has 0 bridgehead atoms. The number of halogens is 1. The molecular formula is C16H16BrN3O2. The second-order valence-corrected chi connectivity index (χ2v) is 6.10. The molecule has 0 unspecified atom stereocenters. The number of nitrogens with one attached hydrogen (secondary N) is 1. The Bertz CT molecular complexity index is 651. The lowest BCUT2D eigenvalue weighted by Crippen LogP contribution is -2.42. The van der Waals surface area contributed by atoms with Crippen LogP contribution < -0.4 is 5.32 Å². The van der Waals surface area contributed by atoms with E-state index in [0.717, 1.165) is 22.9 Å². The Labute approximate surface area is 137 Å². The van der Waals surface area contributed by atoms with E-state index in [-0.39, 0.29) is 18.1 Å². The van der Waals surface area contributed by atoms with Crippen LogP contribution in [0.1, 0.15) is 34.9 Å². The van der Waals surface area contributed by atoms with Gasteiger partial charge < -0.3 is 10.1 Å². The van der Waals surface area contributed by atoms with E-state index in [0.29, 0.717) is 12.2 Å². The largest absolute Gasteiger partial charge is 0.371 e. The fourth-order valence-electron chi connectivity index (χ4n) is 2.60. The van der Waals surface area contributed by atoms with Gasteiger partial charge in [0.2, 0.25) is 0 Å². The Kier molecular flexibility index (Phi) is 4.80. The Morgan fingerprint density at radius 1 is 1.27 bits per heavy atom. The van der Waals surface area contributed by atoms with Gasteiger partial charge in [-0.25, -0.2) is 0 Å².